The van der Waals surface area contributed by atoms with Crippen molar-refractivity contribution < 1.29 is 9.53 Å². The molecular weight excluding hydrogens is 178 g/mol. The molecule has 0 aliphatic carbocycles. The maximum atomic E-state index is 10.8. The van der Waals surface area contributed by atoms with E-state index >= 15 is 0 Å². The number of methoxy groups -OCH3 is 1. The van der Waals surface area contributed by atoms with Crippen LogP contribution in [-0.2, 0) is 11.5 Å². The van der Waals surface area contributed by atoms with Gasteiger partial charge in [-0.25, -0.2) is 0 Å². The number of para-hydroxylation sites is 1. The van der Waals surface area contributed by atoms with Gasteiger partial charge in [-0.05, 0) is 12.1 Å². The van der Waals surface area contributed by atoms with E-state index in [-0.39, 0.29) is 0 Å². The predicted molar refractivity (Wildman–Crippen MR) is 54.3 cm³/mol. The maximum Gasteiger partial charge on any atom is 0.152 e. The third-order valence-corrected chi connectivity index (χ3v) is 2.21. The molecule has 1 heterocycles. The minimum atomic E-state index is 0.467. The summed E-state index contributed by atoms with van der Waals surface area (Å²) in [5.74, 6) is 0. The fraction of sp³-hybridized carbons (Fsp3) is 0.182. The quantitative estimate of drug-likeness (QED) is 0.692. The summed E-state index contributed by atoms with van der Waals surface area (Å²) in [6, 6.07) is 7.64. The van der Waals surface area contributed by atoms with Gasteiger partial charge in [0.2, 0.25) is 0 Å². The van der Waals surface area contributed by atoms with Gasteiger partial charge in [-0.2, -0.15) is 0 Å². The summed E-state index contributed by atoms with van der Waals surface area (Å²) in [6.07, 6.45) is 2.79. The topological polar surface area (TPSA) is 31.2 Å². The van der Waals surface area contributed by atoms with Crippen molar-refractivity contribution >= 4 is 17.2 Å². The van der Waals surface area contributed by atoms with E-state index in [0.717, 1.165) is 17.2 Å². The van der Waals surface area contributed by atoms with Crippen molar-refractivity contribution in [1.82, 2.24) is 4.57 Å². The number of nitrogens with zero attached hydrogens (tertiary/aromatic N) is 1. The Balaban J connectivity index is 2.67. The monoisotopic (exact) mass is 189 g/mol. The van der Waals surface area contributed by atoms with Gasteiger partial charge in [-0.3, -0.25) is 4.79 Å². The molecule has 0 spiro atoms. The van der Waals surface area contributed by atoms with E-state index in [4.69, 9.17) is 4.74 Å². The second kappa shape index (κ2) is 3.64. The van der Waals surface area contributed by atoms with Gasteiger partial charge >= 0.3 is 0 Å². The van der Waals surface area contributed by atoms with Crippen molar-refractivity contribution in [2.24, 2.45) is 0 Å². The molecule has 72 valence electrons. The summed E-state index contributed by atoms with van der Waals surface area (Å²) in [4.78, 5) is 10.8. The van der Waals surface area contributed by atoms with Crippen LogP contribution in [-0.4, -0.2) is 18.0 Å². The van der Waals surface area contributed by atoms with Crippen LogP contribution >= 0.6 is 0 Å². The first-order chi connectivity index (χ1) is 6.86. The highest BCUT2D eigenvalue weighted by Gasteiger charge is 2.04. The van der Waals surface area contributed by atoms with Crippen molar-refractivity contribution in [2.75, 3.05) is 7.11 Å². The number of aldehydes is 1. The Hall–Kier alpha value is -1.61. The zero-order valence-electron chi connectivity index (χ0n) is 7.93. The third kappa shape index (κ3) is 1.32. The highest BCUT2D eigenvalue weighted by molar-refractivity contribution is 5.96. The fourth-order valence-corrected chi connectivity index (χ4v) is 1.63. The molecule has 3 heteroatoms. The van der Waals surface area contributed by atoms with Gasteiger partial charge in [-0.15, -0.1) is 0 Å². The molecule has 0 aliphatic rings. The highest BCUT2D eigenvalue weighted by Crippen LogP contribution is 2.18. The number of rotatable bonds is 3. The van der Waals surface area contributed by atoms with Gasteiger partial charge in [0, 0.05) is 24.3 Å². The molecule has 0 N–H and O–H groups in total. The smallest absolute Gasteiger partial charge is 0.152 e. The molecule has 0 radical (unpaired) electrons. The number of hydrogen-bond acceptors (Lipinski definition) is 2. The Labute approximate surface area is 81.9 Å². The largest absolute Gasteiger partial charge is 0.364 e. The van der Waals surface area contributed by atoms with Crippen LogP contribution in [0.5, 0.6) is 0 Å². The molecule has 0 fully saturated rings. The first kappa shape index (κ1) is 8.97. The van der Waals surface area contributed by atoms with E-state index in [1.165, 1.54) is 0 Å². The average Bonchev–Trinajstić information content (AvgIpc) is 2.62. The maximum absolute atomic E-state index is 10.8. The van der Waals surface area contributed by atoms with Crippen LogP contribution in [0.4, 0.5) is 0 Å². The second-order valence-electron chi connectivity index (χ2n) is 3.11. The zero-order chi connectivity index (χ0) is 9.97. The van der Waals surface area contributed by atoms with Crippen molar-refractivity contribution in [3.8, 4) is 0 Å². The molecule has 1 aromatic heterocycles. The number of carbonyl (C=O) groups excluding carboxylic acids is 1. The molecule has 0 saturated carbocycles. The Morgan fingerprint density at radius 1 is 1.43 bits per heavy atom. The standard InChI is InChI=1S/C11H11NO2/c1-14-8-12-6-5-9-3-2-4-10(7-13)11(9)12/h2-7H,8H2,1H3. The average molecular weight is 189 g/mol. The molecule has 2 rings (SSSR count). The third-order valence-electron chi connectivity index (χ3n) is 2.21. The molecule has 0 saturated heterocycles. The first-order valence-corrected chi connectivity index (χ1v) is 4.39. The van der Waals surface area contributed by atoms with Crippen LogP contribution in [0.2, 0.25) is 0 Å². The van der Waals surface area contributed by atoms with Gasteiger partial charge in [0.1, 0.15) is 6.73 Å². The first-order valence-electron chi connectivity index (χ1n) is 4.39. The fourth-order valence-electron chi connectivity index (χ4n) is 1.63. The predicted octanol–water partition coefficient (Wildman–Crippen LogP) is 2.06. The van der Waals surface area contributed by atoms with E-state index in [1.807, 2.05) is 35.0 Å². The highest BCUT2D eigenvalue weighted by atomic mass is 16.5. The molecule has 0 aliphatic heterocycles. The summed E-state index contributed by atoms with van der Waals surface area (Å²) in [7, 11) is 1.63. The molecule has 3 nitrogen and oxygen atoms in total. The molecule has 0 unspecified atom stereocenters. The van der Waals surface area contributed by atoms with E-state index in [2.05, 4.69) is 0 Å². The number of benzene rings is 1. The SMILES string of the molecule is COCn1ccc2cccc(C=O)c21. The van der Waals surface area contributed by atoms with Crippen LogP contribution in [0.15, 0.2) is 30.5 Å². The van der Waals surface area contributed by atoms with E-state index in [1.54, 1.807) is 7.11 Å². The van der Waals surface area contributed by atoms with Crippen LogP contribution in [0.3, 0.4) is 0 Å². The molecule has 2 aromatic rings. The van der Waals surface area contributed by atoms with Gasteiger partial charge in [0.15, 0.2) is 6.29 Å². The molecule has 0 bridgehead atoms. The van der Waals surface area contributed by atoms with E-state index in [9.17, 15) is 4.79 Å². The minimum absolute atomic E-state index is 0.467. The lowest BCUT2D eigenvalue weighted by Gasteiger charge is -2.04. The van der Waals surface area contributed by atoms with Crippen molar-refractivity contribution in [1.29, 1.82) is 0 Å². The summed E-state index contributed by atoms with van der Waals surface area (Å²) >= 11 is 0. The normalized spacial score (nSPS) is 10.6. The summed E-state index contributed by atoms with van der Waals surface area (Å²) in [5, 5.41) is 1.06. The summed E-state index contributed by atoms with van der Waals surface area (Å²) in [6.45, 7) is 0.467. The van der Waals surface area contributed by atoms with Gasteiger partial charge < -0.3 is 9.30 Å². The van der Waals surface area contributed by atoms with Crippen molar-refractivity contribution in [3.05, 3.63) is 36.0 Å². The van der Waals surface area contributed by atoms with Crippen LogP contribution < -0.4 is 0 Å². The Bertz CT molecular complexity index is 459. The summed E-state index contributed by atoms with van der Waals surface area (Å²) < 4.78 is 6.96. The zero-order valence-corrected chi connectivity index (χ0v) is 7.93. The second-order valence-corrected chi connectivity index (χ2v) is 3.11. The van der Waals surface area contributed by atoms with Crippen LogP contribution in [0, 0.1) is 0 Å². The van der Waals surface area contributed by atoms with Crippen molar-refractivity contribution in [2.45, 2.75) is 6.73 Å². The van der Waals surface area contributed by atoms with E-state index < -0.39 is 0 Å². The lowest BCUT2D eigenvalue weighted by Crippen LogP contribution is -1.99. The Morgan fingerprint density at radius 3 is 3.00 bits per heavy atom. The van der Waals surface area contributed by atoms with Gasteiger partial charge in [0.05, 0.1) is 5.52 Å². The number of hydrogen-bond donors (Lipinski definition) is 0. The Morgan fingerprint density at radius 2 is 2.29 bits per heavy atom. The lowest BCUT2D eigenvalue weighted by atomic mass is 10.2. The number of carbonyl (C=O) groups is 1. The lowest BCUT2D eigenvalue weighted by molar-refractivity contribution is 0.112. The van der Waals surface area contributed by atoms with Crippen molar-refractivity contribution in [3.63, 3.8) is 0 Å². The molecule has 0 atom stereocenters. The minimum Gasteiger partial charge on any atom is -0.364 e. The molecule has 0 amide bonds. The van der Waals surface area contributed by atoms with E-state index in [0.29, 0.717) is 12.3 Å². The number of ether oxygens (including phenoxy) is 1. The Kier molecular flexibility index (Phi) is 2.33. The van der Waals surface area contributed by atoms with Gasteiger partial charge in [-0.1, -0.05) is 12.1 Å². The van der Waals surface area contributed by atoms with Gasteiger partial charge in [0.25, 0.3) is 0 Å². The molecule has 14 heavy (non-hydrogen) atoms. The molecule has 1 aromatic carbocycles. The molecular formula is C11H11NO2. The van der Waals surface area contributed by atoms with Crippen LogP contribution in [0.1, 0.15) is 10.4 Å². The van der Waals surface area contributed by atoms with Crippen LogP contribution in [0.25, 0.3) is 10.9 Å². The number of fused-ring (bicyclic) bond motifs is 1. The number of aromatic nitrogens is 1. The summed E-state index contributed by atoms with van der Waals surface area (Å²) in [5.41, 5.74) is 1.63.